The van der Waals surface area contributed by atoms with Gasteiger partial charge in [0.15, 0.2) is 5.65 Å². The number of aromatic amines is 2. The molecule has 0 aliphatic rings. The van der Waals surface area contributed by atoms with E-state index >= 15 is 0 Å². The van der Waals surface area contributed by atoms with Gasteiger partial charge in [-0.15, -0.1) is 0 Å². The lowest BCUT2D eigenvalue weighted by Crippen LogP contribution is -2.28. The molecule has 0 saturated carbocycles. The number of carbonyl (C=O) groups excluding carboxylic acids is 1. The molecule has 0 bridgehead atoms. The number of halogens is 2. The van der Waals surface area contributed by atoms with Crippen LogP contribution in [-0.2, 0) is 18.3 Å². The number of aromatic nitrogens is 4. The molecule has 27 heavy (non-hydrogen) atoms. The molecule has 2 heterocycles. The number of H-pyrrole nitrogens is 2. The van der Waals surface area contributed by atoms with Gasteiger partial charge in [0.1, 0.15) is 23.0 Å². The smallest absolute Gasteiger partial charge is 0.329 e. The van der Waals surface area contributed by atoms with E-state index < -0.39 is 28.9 Å². The normalized spacial score (nSPS) is 12.3. The van der Waals surface area contributed by atoms with Crippen LogP contribution in [0, 0.1) is 11.6 Å². The van der Waals surface area contributed by atoms with Gasteiger partial charge in [0, 0.05) is 31.5 Å². The summed E-state index contributed by atoms with van der Waals surface area (Å²) >= 11 is 0. The van der Waals surface area contributed by atoms with Crippen molar-refractivity contribution in [3.63, 3.8) is 0 Å². The van der Waals surface area contributed by atoms with E-state index in [1.807, 2.05) is 0 Å². The van der Waals surface area contributed by atoms with Gasteiger partial charge in [-0.3, -0.25) is 19.1 Å². The van der Waals surface area contributed by atoms with Gasteiger partial charge >= 0.3 is 5.69 Å². The van der Waals surface area contributed by atoms with Crippen LogP contribution in [0.3, 0.4) is 0 Å². The number of benzene rings is 1. The lowest BCUT2D eigenvalue weighted by atomic mass is 10.1. The Balaban J connectivity index is 1.68. The third-order valence-electron chi connectivity index (χ3n) is 4.20. The summed E-state index contributed by atoms with van der Waals surface area (Å²) in [7, 11) is 1.47. The molecule has 1 aromatic carbocycles. The van der Waals surface area contributed by atoms with Crippen LogP contribution in [0.1, 0.15) is 30.8 Å². The predicted molar refractivity (Wildman–Crippen MR) is 93.2 cm³/mol. The zero-order valence-corrected chi connectivity index (χ0v) is 14.6. The van der Waals surface area contributed by atoms with Crippen LogP contribution in [0.4, 0.5) is 8.78 Å². The van der Waals surface area contributed by atoms with Crippen LogP contribution in [0.5, 0.6) is 0 Å². The quantitative estimate of drug-likeness (QED) is 0.617. The van der Waals surface area contributed by atoms with Crippen molar-refractivity contribution in [2.75, 3.05) is 0 Å². The summed E-state index contributed by atoms with van der Waals surface area (Å²) in [6, 6.07) is 2.52. The molecular formula is C17H17F2N5O3. The number of imidazole rings is 1. The van der Waals surface area contributed by atoms with Crippen molar-refractivity contribution in [3.05, 3.63) is 62.1 Å². The third kappa shape index (κ3) is 3.78. The Labute approximate surface area is 151 Å². The lowest BCUT2D eigenvalue weighted by Gasteiger charge is -2.15. The number of fused-ring (bicyclic) bond motifs is 1. The monoisotopic (exact) mass is 377 g/mol. The maximum absolute atomic E-state index is 13.8. The molecule has 3 aromatic rings. The summed E-state index contributed by atoms with van der Waals surface area (Å²) in [5.74, 6) is -1.42. The number of hydrogen-bond acceptors (Lipinski definition) is 4. The Kier molecular flexibility index (Phi) is 4.89. The number of rotatable bonds is 5. The summed E-state index contributed by atoms with van der Waals surface area (Å²) in [6.07, 6.45) is 0.214. The van der Waals surface area contributed by atoms with Gasteiger partial charge in [-0.2, -0.15) is 0 Å². The van der Waals surface area contributed by atoms with Gasteiger partial charge in [-0.25, -0.2) is 18.6 Å². The molecule has 0 saturated heterocycles. The summed E-state index contributed by atoms with van der Waals surface area (Å²) in [4.78, 5) is 44.6. The van der Waals surface area contributed by atoms with Crippen molar-refractivity contribution >= 4 is 17.1 Å². The van der Waals surface area contributed by atoms with Crippen molar-refractivity contribution in [2.24, 2.45) is 7.05 Å². The second kappa shape index (κ2) is 7.14. The molecule has 10 heteroatoms. The highest BCUT2D eigenvalue weighted by Gasteiger charge is 2.16. The summed E-state index contributed by atoms with van der Waals surface area (Å²) in [6.45, 7) is 1.59. The van der Waals surface area contributed by atoms with Crippen LogP contribution < -0.4 is 16.6 Å². The topological polar surface area (TPSA) is 113 Å². The molecule has 0 aliphatic carbocycles. The lowest BCUT2D eigenvalue weighted by molar-refractivity contribution is -0.121. The van der Waals surface area contributed by atoms with E-state index in [-0.39, 0.29) is 35.5 Å². The second-order valence-corrected chi connectivity index (χ2v) is 6.16. The fraction of sp³-hybridized carbons (Fsp3) is 0.294. The first-order valence-corrected chi connectivity index (χ1v) is 8.18. The number of nitrogens with one attached hydrogen (secondary N) is 3. The standard InChI is InChI=1S/C17H17F2N5O3/c1-8(10-4-3-9(18)7-11(10)19)20-13(25)6-5-12-21-14-15(22-12)24(2)17(27)23-16(14)26/h3-4,7-8H,5-6H2,1-2H3,(H,20,25)(H,21,22)(H,23,26,27). The molecule has 0 radical (unpaired) electrons. The fourth-order valence-electron chi connectivity index (χ4n) is 2.75. The molecule has 3 N–H and O–H groups in total. The van der Waals surface area contributed by atoms with E-state index in [1.165, 1.54) is 17.7 Å². The Bertz CT molecular complexity index is 1130. The molecule has 1 unspecified atom stereocenters. The summed E-state index contributed by atoms with van der Waals surface area (Å²) in [5.41, 5.74) is -0.652. The van der Waals surface area contributed by atoms with Gasteiger partial charge in [-0.1, -0.05) is 6.07 Å². The van der Waals surface area contributed by atoms with E-state index in [4.69, 9.17) is 0 Å². The van der Waals surface area contributed by atoms with E-state index in [1.54, 1.807) is 6.92 Å². The van der Waals surface area contributed by atoms with Gasteiger partial charge in [0.05, 0.1) is 6.04 Å². The number of hydrogen-bond donors (Lipinski definition) is 3. The number of aryl methyl sites for hydroxylation is 2. The zero-order valence-electron chi connectivity index (χ0n) is 14.6. The van der Waals surface area contributed by atoms with Crippen molar-refractivity contribution in [1.82, 2.24) is 24.8 Å². The molecule has 2 aromatic heterocycles. The van der Waals surface area contributed by atoms with Crippen LogP contribution in [0.25, 0.3) is 11.2 Å². The van der Waals surface area contributed by atoms with Crippen molar-refractivity contribution in [2.45, 2.75) is 25.8 Å². The summed E-state index contributed by atoms with van der Waals surface area (Å²) in [5, 5.41) is 2.63. The van der Waals surface area contributed by atoms with Crippen LogP contribution in [0.2, 0.25) is 0 Å². The van der Waals surface area contributed by atoms with E-state index in [0.717, 1.165) is 12.1 Å². The third-order valence-corrected chi connectivity index (χ3v) is 4.20. The number of amides is 1. The van der Waals surface area contributed by atoms with E-state index in [0.29, 0.717) is 5.82 Å². The van der Waals surface area contributed by atoms with Crippen molar-refractivity contribution < 1.29 is 13.6 Å². The molecule has 1 atom stereocenters. The highest BCUT2D eigenvalue weighted by atomic mass is 19.1. The van der Waals surface area contributed by atoms with Crippen LogP contribution >= 0.6 is 0 Å². The number of nitrogens with zero attached hydrogens (tertiary/aromatic N) is 2. The average molecular weight is 377 g/mol. The maximum atomic E-state index is 13.8. The molecule has 142 valence electrons. The minimum absolute atomic E-state index is 0.0266. The Morgan fingerprint density at radius 3 is 2.74 bits per heavy atom. The van der Waals surface area contributed by atoms with Gasteiger partial charge in [0.2, 0.25) is 5.91 Å². The first-order valence-electron chi connectivity index (χ1n) is 8.18. The van der Waals surface area contributed by atoms with Crippen molar-refractivity contribution in [1.29, 1.82) is 0 Å². The first kappa shape index (κ1) is 18.5. The largest absolute Gasteiger partial charge is 0.349 e. The molecule has 1 amide bonds. The van der Waals surface area contributed by atoms with Gasteiger partial charge in [-0.05, 0) is 13.0 Å². The zero-order chi connectivity index (χ0) is 19.7. The minimum Gasteiger partial charge on any atom is -0.349 e. The molecule has 0 spiro atoms. The Morgan fingerprint density at radius 2 is 2.04 bits per heavy atom. The molecular weight excluding hydrogens is 360 g/mol. The fourth-order valence-corrected chi connectivity index (χ4v) is 2.75. The summed E-state index contributed by atoms with van der Waals surface area (Å²) < 4.78 is 27.9. The Morgan fingerprint density at radius 1 is 1.30 bits per heavy atom. The Hall–Kier alpha value is -3.30. The van der Waals surface area contributed by atoms with Crippen LogP contribution in [-0.4, -0.2) is 25.4 Å². The molecule has 0 aliphatic heterocycles. The maximum Gasteiger partial charge on any atom is 0.329 e. The number of carbonyl (C=O) groups is 1. The minimum atomic E-state index is -0.736. The highest BCUT2D eigenvalue weighted by Crippen LogP contribution is 2.18. The van der Waals surface area contributed by atoms with E-state index in [9.17, 15) is 23.2 Å². The SMILES string of the molecule is CC(NC(=O)CCc1nc2c([nH]1)c(=O)[nH]c(=O)n2C)c1ccc(F)cc1F. The van der Waals surface area contributed by atoms with E-state index in [2.05, 4.69) is 20.3 Å². The molecule has 0 fully saturated rings. The predicted octanol–water partition coefficient (Wildman–Crippen LogP) is 1.04. The van der Waals surface area contributed by atoms with Crippen molar-refractivity contribution in [3.8, 4) is 0 Å². The highest BCUT2D eigenvalue weighted by molar-refractivity contribution is 5.77. The van der Waals surface area contributed by atoms with Gasteiger partial charge in [0.25, 0.3) is 5.56 Å². The van der Waals surface area contributed by atoms with Gasteiger partial charge < -0.3 is 10.3 Å². The average Bonchev–Trinajstić information content (AvgIpc) is 3.03. The van der Waals surface area contributed by atoms with Crippen LogP contribution in [0.15, 0.2) is 27.8 Å². The molecule has 3 rings (SSSR count). The molecule has 8 nitrogen and oxygen atoms in total. The first-order chi connectivity index (χ1) is 12.8. The second-order valence-electron chi connectivity index (χ2n) is 6.16.